The molecule has 4 heteroatoms. The lowest BCUT2D eigenvalue weighted by molar-refractivity contribution is 0.104. The molecule has 0 aliphatic carbocycles. The van der Waals surface area contributed by atoms with E-state index in [1.807, 2.05) is 0 Å². The van der Waals surface area contributed by atoms with Gasteiger partial charge in [-0.25, -0.2) is 4.39 Å². The molecule has 0 unspecified atom stereocenters. The summed E-state index contributed by atoms with van der Waals surface area (Å²) < 4.78 is 12.7. The number of allylic oxidation sites excluding steroid dienone is 1. The number of ketones is 1. The van der Waals surface area contributed by atoms with Crippen LogP contribution in [-0.4, -0.2) is 10.9 Å². The number of aromatic hydroxyl groups is 1. The van der Waals surface area contributed by atoms with Gasteiger partial charge < -0.3 is 10.4 Å². The molecule has 2 rings (SSSR count). The summed E-state index contributed by atoms with van der Waals surface area (Å²) in [6.45, 7) is 0. The molecule has 0 saturated heterocycles. The maximum absolute atomic E-state index is 12.7. The van der Waals surface area contributed by atoms with Crippen LogP contribution in [0.3, 0.4) is 0 Å². The molecule has 0 heterocycles. The minimum atomic E-state index is -0.320. The number of halogens is 1. The van der Waals surface area contributed by atoms with Crippen LogP contribution >= 0.6 is 0 Å². The van der Waals surface area contributed by atoms with Gasteiger partial charge in [-0.2, -0.15) is 0 Å². The summed E-state index contributed by atoms with van der Waals surface area (Å²) in [6.07, 6.45) is 2.75. The molecule has 2 aromatic rings. The lowest BCUT2D eigenvalue weighted by Crippen LogP contribution is -1.96. The van der Waals surface area contributed by atoms with Crippen LogP contribution in [0.25, 0.3) is 0 Å². The number of hydrogen-bond acceptors (Lipinski definition) is 3. The zero-order chi connectivity index (χ0) is 13.7. The molecule has 19 heavy (non-hydrogen) atoms. The van der Waals surface area contributed by atoms with Gasteiger partial charge in [-0.3, -0.25) is 4.79 Å². The van der Waals surface area contributed by atoms with Crippen molar-refractivity contribution in [3.05, 3.63) is 72.2 Å². The van der Waals surface area contributed by atoms with Crippen molar-refractivity contribution in [3.63, 3.8) is 0 Å². The van der Waals surface area contributed by atoms with Crippen LogP contribution in [0.1, 0.15) is 10.4 Å². The molecule has 0 aliphatic rings. The van der Waals surface area contributed by atoms with Gasteiger partial charge in [0.2, 0.25) is 0 Å². The molecule has 2 aromatic carbocycles. The summed E-state index contributed by atoms with van der Waals surface area (Å²) in [5.41, 5.74) is 0.905. The first-order valence-electron chi connectivity index (χ1n) is 5.68. The molecule has 96 valence electrons. The van der Waals surface area contributed by atoms with Gasteiger partial charge in [-0.1, -0.05) is 12.1 Å². The second-order valence-corrected chi connectivity index (χ2v) is 3.87. The largest absolute Gasteiger partial charge is 0.507 e. The van der Waals surface area contributed by atoms with E-state index >= 15 is 0 Å². The lowest BCUT2D eigenvalue weighted by atomic mass is 10.1. The Kier molecular flexibility index (Phi) is 3.93. The minimum absolute atomic E-state index is 0.0565. The second kappa shape index (κ2) is 5.82. The van der Waals surface area contributed by atoms with Gasteiger partial charge in [0.15, 0.2) is 5.78 Å². The summed E-state index contributed by atoms with van der Waals surface area (Å²) >= 11 is 0. The van der Waals surface area contributed by atoms with Crippen LogP contribution in [0.4, 0.5) is 10.1 Å². The highest BCUT2D eigenvalue weighted by molar-refractivity contribution is 6.06. The monoisotopic (exact) mass is 257 g/mol. The van der Waals surface area contributed by atoms with E-state index in [-0.39, 0.29) is 22.9 Å². The van der Waals surface area contributed by atoms with Crippen LogP contribution in [0.5, 0.6) is 5.75 Å². The minimum Gasteiger partial charge on any atom is -0.507 e. The molecule has 0 atom stereocenters. The number of phenols is 1. The molecule has 0 fully saturated rings. The molecule has 0 aliphatic heterocycles. The highest BCUT2D eigenvalue weighted by Crippen LogP contribution is 2.16. The third-order valence-electron chi connectivity index (χ3n) is 2.50. The molecule has 0 bridgehead atoms. The Morgan fingerprint density at radius 2 is 1.79 bits per heavy atom. The smallest absolute Gasteiger partial charge is 0.190 e. The summed E-state index contributed by atoms with van der Waals surface area (Å²) in [6, 6.07) is 12.1. The van der Waals surface area contributed by atoms with Crippen LogP contribution in [0, 0.1) is 5.82 Å². The fourth-order valence-corrected chi connectivity index (χ4v) is 1.53. The zero-order valence-electron chi connectivity index (χ0n) is 10.0. The fraction of sp³-hybridized carbons (Fsp3) is 0. The van der Waals surface area contributed by atoms with Crippen molar-refractivity contribution in [1.82, 2.24) is 0 Å². The first kappa shape index (κ1) is 12.8. The van der Waals surface area contributed by atoms with Crippen molar-refractivity contribution >= 4 is 11.5 Å². The zero-order valence-corrected chi connectivity index (χ0v) is 10.0. The van der Waals surface area contributed by atoms with Crippen LogP contribution in [-0.2, 0) is 0 Å². The predicted molar refractivity (Wildman–Crippen MR) is 71.6 cm³/mol. The number of benzene rings is 2. The average molecular weight is 257 g/mol. The summed E-state index contributed by atoms with van der Waals surface area (Å²) in [5.74, 6) is -0.688. The van der Waals surface area contributed by atoms with Crippen molar-refractivity contribution in [2.45, 2.75) is 0 Å². The number of para-hydroxylation sites is 1. The lowest BCUT2D eigenvalue weighted by Gasteiger charge is -2.01. The first-order valence-corrected chi connectivity index (χ1v) is 5.68. The van der Waals surface area contributed by atoms with E-state index in [4.69, 9.17) is 0 Å². The number of hydrogen-bond donors (Lipinski definition) is 2. The predicted octanol–water partition coefficient (Wildman–Crippen LogP) is 3.34. The van der Waals surface area contributed by atoms with Crippen LogP contribution in [0.2, 0.25) is 0 Å². The fourth-order valence-electron chi connectivity index (χ4n) is 1.53. The maximum Gasteiger partial charge on any atom is 0.190 e. The van der Waals surface area contributed by atoms with Gasteiger partial charge in [-0.15, -0.1) is 0 Å². The normalized spacial score (nSPS) is 10.6. The van der Waals surface area contributed by atoms with Crippen molar-refractivity contribution in [2.75, 3.05) is 5.32 Å². The van der Waals surface area contributed by atoms with E-state index in [1.165, 1.54) is 30.5 Å². The number of phenolic OH excluding ortho intramolecular Hbond substituents is 1. The average Bonchev–Trinajstić information content (AvgIpc) is 2.41. The summed E-state index contributed by atoms with van der Waals surface area (Å²) in [5, 5.41) is 12.4. The van der Waals surface area contributed by atoms with Gasteiger partial charge in [-0.05, 0) is 36.4 Å². The summed E-state index contributed by atoms with van der Waals surface area (Å²) in [7, 11) is 0. The van der Waals surface area contributed by atoms with Gasteiger partial charge in [0.05, 0.1) is 5.56 Å². The Balaban J connectivity index is 2.01. The molecule has 3 nitrogen and oxygen atoms in total. The maximum atomic E-state index is 12.7. The molecular formula is C15H12FNO2. The van der Waals surface area contributed by atoms with E-state index in [0.29, 0.717) is 5.69 Å². The molecule has 0 radical (unpaired) electrons. The number of rotatable bonds is 4. The molecular weight excluding hydrogens is 245 g/mol. The first-order chi connectivity index (χ1) is 9.16. The third-order valence-corrected chi connectivity index (χ3v) is 2.50. The van der Waals surface area contributed by atoms with E-state index in [1.54, 1.807) is 30.3 Å². The van der Waals surface area contributed by atoms with Crippen LogP contribution in [0.15, 0.2) is 60.8 Å². The Bertz CT molecular complexity index is 606. The van der Waals surface area contributed by atoms with E-state index in [2.05, 4.69) is 5.32 Å². The standard InChI is InChI=1S/C15H12FNO2/c16-11-5-7-12(8-6-11)17-10-9-15(19)13-3-1-2-4-14(13)18/h1-10,17-18H. The third kappa shape index (κ3) is 3.42. The van der Waals surface area contributed by atoms with E-state index in [0.717, 1.165) is 0 Å². The Morgan fingerprint density at radius 1 is 1.11 bits per heavy atom. The van der Waals surface area contributed by atoms with Crippen molar-refractivity contribution in [2.24, 2.45) is 0 Å². The van der Waals surface area contributed by atoms with Crippen molar-refractivity contribution < 1.29 is 14.3 Å². The van der Waals surface area contributed by atoms with Gasteiger partial charge in [0.1, 0.15) is 11.6 Å². The Labute approximate surface area is 110 Å². The number of anilines is 1. The Hall–Kier alpha value is -2.62. The molecule has 0 amide bonds. The quantitative estimate of drug-likeness (QED) is 0.652. The molecule has 0 saturated carbocycles. The van der Waals surface area contributed by atoms with Gasteiger partial charge in [0, 0.05) is 18.0 Å². The molecule has 2 N–H and O–H groups in total. The Morgan fingerprint density at radius 3 is 2.47 bits per heavy atom. The van der Waals surface area contributed by atoms with Crippen molar-refractivity contribution in [1.29, 1.82) is 0 Å². The number of carbonyl (C=O) groups is 1. The van der Waals surface area contributed by atoms with Gasteiger partial charge >= 0.3 is 0 Å². The second-order valence-electron chi connectivity index (χ2n) is 3.87. The van der Waals surface area contributed by atoms with Gasteiger partial charge in [0.25, 0.3) is 0 Å². The SMILES string of the molecule is O=C(C=CNc1ccc(F)cc1)c1ccccc1O. The highest BCUT2D eigenvalue weighted by atomic mass is 19.1. The highest BCUT2D eigenvalue weighted by Gasteiger charge is 2.05. The van der Waals surface area contributed by atoms with Crippen molar-refractivity contribution in [3.8, 4) is 5.75 Å². The van der Waals surface area contributed by atoms with Crippen LogP contribution < -0.4 is 5.32 Å². The topological polar surface area (TPSA) is 49.3 Å². The van der Waals surface area contributed by atoms with E-state index in [9.17, 15) is 14.3 Å². The number of carbonyl (C=O) groups excluding carboxylic acids is 1. The molecule has 0 aromatic heterocycles. The summed E-state index contributed by atoms with van der Waals surface area (Å²) in [4.78, 5) is 11.8. The number of nitrogens with one attached hydrogen (secondary N) is 1. The molecule has 0 spiro atoms. The van der Waals surface area contributed by atoms with E-state index < -0.39 is 0 Å².